The predicted octanol–water partition coefficient (Wildman–Crippen LogP) is 3.06. The Kier molecular flexibility index (Phi) is 7.16. The Morgan fingerprint density at radius 3 is 2.73 bits per heavy atom. The monoisotopic (exact) mass is 467 g/mol. The maximum Gasteiger partial charge on any atom is 0.389 e. The van der Waals surface area contributed by atoms with Gasteiger partial charge in [-0.1, -0.05) is 19.9 Å². The molecule has 2 aliphatic heterocycles. The van der Waals surface area contributed by atoms with Crippen LogP contribution in [0.1, 0.15) is 44.7 Å². The molecule has 180 valence electrons. The zero-order valence-electron chi connectivity index (χ0n) is 18.8. The van der Waals surface area contributed by atoms with Gasteiger partial charge in [0.1, 0.15) is 12.0 Å². The van der Waals surface area contributed by atoms with Gasteiger partial charge in [-0.05, 0) is 12.5 Å². The number of amides is 1. The minimum absolute atomic E-state index is 0.115. The SMILES string of the molecule is COc1ccc2c(c1)N1CCC(C)(C)C1=CC(=O)C2NCC(C=O)NC(=O)CCC(F)(F)F. The third kappa shape index (κ3) is 5.73. The number of carbonyl (C=O) groups excluding carboxylic acids is 3. The van der Waals surface area contributed by atoms with Gasteiger partial charge in [-0.3, -0.25) is 9.59 Å². The van der Waals surface area contributed by atoms with Crippen molar-refractivity contribution in [2.24, 2.45) is 5.41 Å². The largest absolute Gasteiger partial charge is 0.497 e. The molecule has 0 saturated carbocycles. The second-order valence-corrected chi connectivity index (χ2v) is 8.91. The summed E-state index contributed by atoms with van der Waals surface area (Å²) in [5.74, 6) is -0.455. The van der Waals surface area contributed by atoms with E-state index in [2.05, 4.69) is 29.4 Å². The molecule has 0 radical (unpaired) electrons. The smallest absolute Gasteiger partial charge is 0.389 e. The van der Waals surface area contributed by atoms with E-state index in [1.165, 1.54) is 0 Å². The Morgan fingerprint density at radius 1 is 1.36 bits per heavy atom. The van der Waals surface area contributed by atoms with Gasteiger partial charge in [-0.2, -0.15) is 13.2 Å². The van der Waals surface area contributed by atoms with E-state index in [1.54, 1.807) is 25.3 Å². The number of rotatable bonds is 8. The van der Waals surface area contributed by atoms with E-state index in [4.69, 9.17) is 4.74 Å². The van der Waals surface area contributed by atoms with Gasteiger partial charge >= 0.3 is 6.18 Å². The molecule has 7 nitrogen and oxygen atoms in total. The first-order chi connectivity index (χ1) is 15.4. The fourth-order valence-corrected chi connectivity index (χ4v) is 4.15. The highest BCUT2D eigenvalue weighted by molar-refractivity contribution is 5.99. The van der Waals surface area contributed by atoms with Gasteiger partial charge in [0.15, 0.2) is 5.78 Å². The van der Waals surface area contributed by atoms with Gasteiger partial charge < -0.3 is 25.1 Å². The summed E-state index contributed by atoms with van der Waals surface area (Å²) in [6.45, 7) is 4.75. The van der Waals surface area contributed by atoms with Crippen molar-refractivity contribution in [2.45, 2.75) is 51.4 Å². The summed E-state index contributed by atoms with van der Waals surface area (Å²) in [6, 6.07) is 3.50. The number of nitrogens with zero attached hydrogens (tertiary/aromatic N) is 1. The fraction of sp³-hybridized carbons (Fsp3) is 0.522. The molecule has 1 saturated heterocycles. The molecule has 0 aliphatic carbocycles. The van der Waals surface area contributed by atoms with Gasteiger partial charge in [-0.15, -0.1) is 0 Å². The van der Waals surface area contributed by atoms with Crippen molar-refractivity contribution >= 4 is 23.7 Å². The number of fused-ring (bicyclic) bond motifs is 3. The van der Waals surface area contributed by atoms with Crippen LogP contribution >= 0.6 is 0 Å². The molecule has 3 rings (SSSR count). The number of carbonyl (C=O) groups is 3. The van der Waals surface area contributed by atoms with Crippen molar-refractivity contribution in [3.8, 4) is 5.75 Å². The number of ketones is 1. The van der Waals surface area contributed by atoms with Crippen LogP contribution in [0.25, 0.3) is 0 Å². The first kappa shape index (κ1) is 24.8. The van der Waals surface area contributed by atoms with E-state index in [-0.39, 0.29) is 17.7 Å². The van der Waals surface area contributed by atoms with Crippen LogP contribution in [0, 0.1) is 5.41 Å². The van der Waals surface area contributed by atoms with Crippen LogP contribution in [0.4, 0.5) is 18.9 Å². The van der Waals surface area contributed by atoms with Crippen molar-refractivity contribution in [1.29, 1.82) is 0 Å². The first-order valence-electron chi connectivity index (χ1n) is 10.7. The number of benzene rings is 1. The van der Waals surface area contributed by atoms with E-state index >= 15 is 0 Å². The predicted molar refractivity (Wildman–Crippen MR) is 116 cm³/mol. The number of hydrogen-bond acceptors (Lipinski definition) is 6. The summed E-state index contributed by atoms with van der Waals surface area (Å²) in [5.41, 5.74) is 2.19. The molecule has 0 aromatic heterocycles. The van der Waals surface area contributed by atoms with Crippen LogP contribution < -0.4 is 20.3 Å². The zero-order valence-corrected chi connectivity index (χ0v) is 18.8. The number of methoxy groups -OCH3 is 1. The van der Waals surface area contributed by atoms with Gasteiger partial charge in [0.25, 0.3) is 0 Å². The van der Waals surface area contributed by atoms with Gasteiger partial charge in [0.05, 0.1) is 25.6 Å². The standard InChI is InChI=1S/C23H28F3N3O4/c1-22(2)8-9-29-17-10-15(33-3)4-5-16(17)21(18(31)11-19(22)29)27-12-14(13-30)28-20(32)6-7-23(24,25)26/h4-5,10-11,13-14,21,27H,6-9,12H2,1-3H3,(H,28,32). The van der Waals surface area contributed by atoms with Crippen LogP contribution in [0.2, 0.25) is 0 Å². The molecule has 2 N–H and O–H groups in total. The molecule has 2 unspecified atom stereocenters. The summed E-state index contributed by atoms with van der Waals surface area (Å²) in [4.78, 5) is 38.5. The molecule has 10 heteroatoms. The Bertz CT molecular complexity index is 959. The number of anilines is 1. The van der Waals surface area contributed by atoms with Crippen molar-refractivity contribution in [1.82, 2.24) is 10.6 Å². The zero-order chi connectivity index (χ0) is 24.4. The van der Waals surface area contributed by atoms with Gasteiger partial charge in [-0.25, -0.2) is 0 Å². The highest BCUT2D eigenvalue weighted by atomic mass is 19.4. The molecule has 33 heavy (non-hydrogen) atoms. The summed E-state index contributed by atoms with van der Waals surface area (Å²) >= 11 is 0. The fourth-order valence-electron chi connectivity index (χ4n) is 4.15. The van der Waals surface area contributed by atoms with Crippen molar-refractivity contribution in [2.75, 3.05) is 25.1 Å². The lowest BCUT2D eigenvalue weighted by atomic mass is 9.88. The van der Waals surface area contributed by atoms with Crippen molar-refractivity contribution in [3.05, 3.63) is 35.5 Å². The minimum Gasteiger partial charge on any atom is -0.497 e. The molecule has 1 amide bonds. The lowest BCUT2D eigenvalue weighted by Gasteiger charge is -2.27. The number of halogens is 3. The number of allylic oxidation sites excluding steroid dienone is 1. The summed E-state index contributed by atoms with van der Waals surface area (Å²) in [6.07, 6.45) is -3.58. The summed E-state index contributed by atoms with van der Waals surface area (Å²) in [5, 5.41) is 5.30. The van der Waals surface area contributed by atoms with Gasteiger partial charge in [0.2, 0.25) is 5.91 Å². The van der Waals surface area contributed by atoms with Crippen LogP contribution in [0.15, 0.2) is 30.0 Å². The number of nitrogens with one attached hydrogen (secondary N) is 2. The lowest BCUT2D eigenvalue weighted by molar-refractivity contribution is -0.144. The summed E-state index contributed by atoms with van der Waals surface area (Å²) < 4.78 is 42.4. The quantitative estimate of drug-likeness (QED) is 0.572. The Balaban J connectivity index is 1.80. The third-order valence-corrected chi connectivity index (χ3v) is 6.04. The minimum atomic E-state index is -4.46. The Hall–Kier alpha value is -2.88. The number of ether oxygens (including phenoxy) is 1. The van der Waals surface area contributed by atoms with E-state index in [9.17, 15) is 27.6 Å². The molecular weight excluding hydrogens is 439 g/mol. The number of hydrogen-bond donors (Lipinski definition) is 2. The van der Waals surface area contributed by atoms with E-state index < -0.39 is 37.0 Å². The third-order valence-electron chi connectivity index (χ3n) is 6.04. The second kappa shape index (κ2) is 9.54. The number of alkyl halides is 3. The molecule has 1 aromatic carbocycles. The molecule has 0 spiro atoms. The van der Waals surface area contributed by atoms with Crippen LogP contribution in [0.5, 0.6) is 5.75 Å². The normalized spacial score (nSPS) is 20.3. The maximum absolute atomic E-state index is 13.2. The van der Waals surface area contributed by atoms with E-state index in [0.717, 1.165) is 24.4 Å². The molecule has 0 bridgehead atoms. The van der Waals surface area contributed by atoms with Crippen molar-refractivity contribution < 1.29 is 32.3 Å². The van der Waals surface area contributed by atoms with Crippen LogP contribution in [-0.4, -0.2) is 50.4 Å². The van der Waals surface area contributed by atoms with Gasteiger partial charge in [0, 0.05) is 54.0 Å². The number of aldehydes is 1. The highest BCUT2D eigenvalue weighted by Crippen LogP contribution is 2.46. The molecule has 2 heterocycles. The lowest BCUT2D eigenvalue weighted by Crippen LogP contribution is -2.45. The topological polar surface area (TPSA) is 87.7 Å². The summed E-state index contributed by atoms with van der Waals surface area (Å²) in [7, 11) is 1.56. The Morgan fingerprint density at radius 2 is 2.09 bits per heavy atom. The molecular formula is C23H28F3N3O4. The molecule has 1 aromatic rings. The molecule has 2 atom stereocenters. The molecule has 1 fully saturated rings. The Labute approximate surface area is 190 Å². The van der Waals surface area contributed by atoms with E-state index in [1.807, 2.05) is 6.07 Å². The average molecular weight is 467 g/mol. The maximum atomic E-state index is 13.2. The molecule has 2 aliphatic rings. The first-order valence-corrected chi connectivity index (χ1v) is 10.7. The van der Waals surface area contributed by atoms with Crippen LogP contribution in [0.3, 0.4) is 0 Å². The van der Waals surface area contributed by atoms with Crippen LogP contribution in [-0.2, 0) is 14.4 Å². The highest BCUT2D eigenvalue weighted by Gasteiger charge is 2.40. The average Bonchev–Trinajstić information content (AvgIpc) is 2.98. The van der Waals surface area contributed by atoms with E-state index in [0.29, 0.717) is 17.6 Å². The second-order valence-electron chi connectivity index (χ2n) is 8.91. The van der Waals surface area contributed by atoms with Crippen molar-refractivity contribution in [3.63, 3.8) is 0 Å².